The molecule has 2 aliphatic rings. The molecule has 1 unspecified atom stereocenters. The van der Waals surface area contributed by atoms with E-state index in [0.717, 1.165) is 25.1 Å². The molecule has 3 aromatic carbocycles. The number of carbonyl (C=O) groups is 3. The van der Waals surface area contributed by atoms with Crippen molar-refractivity contribution >= 4 is 18.4 Å². The quantitative estimate of drug-likeness (QED) is 0.333. The van der Waals surface area contributed by atoms with Gasteiger partial charge in [-0.05, 0) is 48.9 Å². The molecule has 0 radical (unpaired) electrons. The first-order chi connectivity index (χ1) is 15.7. The zero-order valence-corrected chi connectivity index (χ0v) is 17.2. The fraction of sp³-hybridized carbons (Fsp3) is 0.125. The van der Waals surface area contributed by atoms with Gasteiger partial charge in [0.15, 0.2) is 17.2 Å². The number of rotatable bonds is 3. The van der Waals surface area contributed by atoms with Crippen LogP contribution in [0.3, 0.4) is 0 Å². The second-order valence-electron chi connectivity index (χ2n) is 7.56. The number of aryl methyl sites for hydroxylation is 1. The summed E-state index contributed by atoms with van der Waals surface area (Å²) in [6, 6.07) is 8.92. The Kier molecular flexibility index (Phi) is 4.45. The molecule has 0 fully saturated rings. The number of fused-ring (bicyclic) bond motifs is 6. The Morgan fingerprint density at radius 1 is 1.00 bits per heavy atom. The van der Waals surface area contributed by atoms with Crippen molar-refractivity contribution in [3.63, 3.8) is 0 Å². The van der Waals surface area contributed by atoms with Gasteiger partial charge in [0.1, 0.15) is 23.1 Å². The van der Waals surface area contributed by atoms with E-state index in [9.17, 15) is 23.2 Å². The van der Waals surface area contributed by atoms with Crippen LogP contribution in [0.15, 0.2) is 42.5 Å². The maximum Gasteiger partial charge on any atom is 0.340 e. The van der Waals surface area contributed by atoms with Crippen LogP contribution in [-0.2, 0) is 19.9 Å². The summed E-state index contributed by atoms with van der Waals surface area (Å²) in [5.74, 6) is -3.10. The number of esters is 2. The fourth-order valence-electron chi connectivity index (χ4n) is 4.18. The van der Waals surface area contributed by atoms with Crippen molar-refractivity contribution in [3.05, 3.63) is 81.9 Å². The number of hydrogen-bond acceptors (Lipinski definition) is 7. The summed E-state index contributed by atoms with van der Waals surface area (Å²) in [6.07, 6.45) is 0. The third kappa shape index (κ3) is 2.96. The van der Waals surface area contributed by atoms with Gasteiger partial charge in [-0.3, -0.25) is 9.59 Å². The molecule has 1 spiro atoms. The van der Waals surface area contributed by atoms with E-state index >= 15 is 0 Å². The standard InChI is InChI=1S/C24H14F2O7/c1-11-5-20-16(7-18(11)25)24(15-6-13(30-10-27)3-4-14(15)23(29)33-24)17-8-19(26)22(31-12(2)28)9-21(17)32-20/h3-10H,1-2H3. The van der Waals surface area contributed by atoms with Crippen molar-refractivity contribution < 1.29 is 42.1 Å². The predicted octanol–water partition coefficient (Wildman–Crippen LogP) is 4.30. The summed E-state index contributed by atoms with van der Waals surface area (Å²) in [5.41, 5.74) is -1.05. The van der Waals surface area contributed by atoms with Crippen molar-refractivity contribution in [2.45, 2.75) is 19.4 Å². The molecule has 0 bridgehead atoms. The van der Waals surface area contributed by atoms with Crippen LogP contribution in [0.1, 0.15) is 39.5 Å². The highest BCUT2D eigenvalue weighted by molar-refractivity contribution is 5.97. The first-order valence-electron chi connectivity index (χ1n) is 9.73. The van der Waals surface area contributed by atoms with E-state index in [1.54, 1.807) is 0 Å². The average Bonchev–Trinajstić information content (AvgIpc) is 3.04. The van der Waals surface area contributed by atoms with Crippen molar-refractivity contribution in [1.82, 2.24) is 0 Å². The average molecular weight is 452 g/mol. The van der Waals surface area contributed by atoms with Gasteiger partial charge in [-0.2, -0.15) is 0 Å². The van der Waals surface area contributed by atoms with Crippen LogP contribution in [0.4, 0.5) is 8.78 Å². The minimum absolute atomic E-state index is 0.0357. The van der Waals surface area contributed by atoms with Crippen LogP contribution in [0, 0.1) is 18.6 Å². The Labute approximate surface area is 185 Å². The summed E-state index contributed by atoms with van der Waals surface area (Å²) in [7, 11) is 0. The third-order valence-electron chi connectivity index (χ3n) is 5.55. The highest BCUT2D eigenvalue weighted by Gasteiger charge is 2.54. The van der Waals surface area contributed by atoms with E-state index in [1.807, 2.05) is 0 Å². The lowest BCUT2D eigenvalue weighted by atomic mass is 9.77. The minimum Gasteiger partial charge on any atom is -0.456 e. The molecule has 2 aliphatic heterocycles. The van der Waals surface area contributed by atoms with Crippen LogP contribution in [0.25, 0.3) is 0 Å². The van der Waals surface area contributed by atoms with Crippen molar-refractivity contribution in [1.29, 1.82) is 0 Å². The summed E-state index contributed by atoms with van der Waals surface area (Å²) in [4.78, 5) is 35.1. The highest BCUT2D eigenvalue weighted by Crippen LogP contribution is 2.57. The Hall–Kier alpha value is -4.27. The smallest absolute Gasteiger partial charge is 0.340 e. The molecular formula is C24H14F2O7. The lowest BCUT2D eigenvalue weighted by Gasteiger charge is -2.37. The number of hydrogen-bond donors (Lipinski definition) is 0. The molecule has 0 amide bonds. The molecule has 7 nitrogen and oxygen atoms in total. The molecule has 166 valence electrons. The van der Waals surface area contributed by atoms with Gasteiger partial charge in [0.05, 0.1) is 16.7 Å². The Morgan fingerprint density at radius 2 is 1.70 bits per heavy atom. The van der Waals surface area contributed by atoms with E-state index in [1.165, 1.54) is 31.2 Å². The molecule has 0 saturated heterocycles. The zero-order valence-electron chi connectivity index (χ0n) is 17.2. The Balaban J connectivity index is 1.86. The van der Waals surface area contributed by atoms with E-state index in [2.05, 4.69) is 0 Å². The SMILES string of the molecule is CC(=O)Oc1cc2c(cc1F)C1(OC(=O)c3ccc(OC=O)cc31)c1cc(F)c(C)cc1O2. The molecule has 1 atom stereocenters. The predicted molar refractivity (Wildman–Crippen MR) is 107 cm³/mol. The van der Waals surface area contributed by atoms with Crippen molar-refractivity contribution in [2.24, 2.45) is 0 Å². The summed E-state index contributed by atoms with van der Waals surface area (Å²) in [5, 5.41) is 0. The van der Waals surface area contributed by atoms with Gasteiger partial charge in [-0.1, -0.05) is 0 Å². The van der Waals surface area contributed by atoms with Crippen LogP contribution < -0.4 is 14.2 Å². The van der Waals surface area contributed by atoms with Gasteiger partial charge in [-0.15, -0.1) is 0 Å². The molecule has 3 aromatic rings. The molecule has 33 heavy (non-hydrogen) atoms. The fourth-order valence-corrected chi connectivity index (χ4v) is 4.18. The zero-order chi connectivity index (χ0) is 23.5. The van der Waals surface area contributed by atoms with Crippen molar-refractivity contribution in [2.75, 3.05) is 0 Å². The third-order valence-corrected chi connectivity index (χ3v) is 5.55. The number of carbonyl (C=O) groups excluding carboxylic acids is 3. The number of halogens is 2. The van der Waals surface area contributed by atoms with Gasteiger partial charge in [0.2, 0.25) is 0 Å². The minimum atomic E-state index is -1.80. The normalized spacial score (nSPS) is 17.4. The first kappa shape index (κ1) is 20.6. The van der Waals surface area contributed by atoms with E-state index < -0.39 is 29.2 Å². The first-order valence-corrected chi connectivity index (χ1v) is 9.73. The second-order valence-corrected chi connectivity index (χ2v) is 7.56. The monoisotopic (exact) mass is 452 g/mol. The molecular weight excluding hydrogens is 438 g/mol. The van der Waals surface area contributed by atoms with Gasteiger partial charge in [0.25, 0.3) is 6.47 Å². The molecule has 5 rings (SSSR count). The maximum absolute atomic E-state index is 14.9. The highest BCUT2D eigenvalue weighted by atomic mass is 19.1. The molecule has 0 N–H and O–H groups in total. The molecule has 0 aromatic heterocycles. The summed E-state index contributed by atoms with van der Waals surface area (Å²) in [6.45, 7) is 2.86. The maximum atomic E-state index is 14.9. The van der Waals surface area contributed by atoms with Gasteiger partial charge < -0.3 is 18.9 Å². The van der Waals surface area contributed by atoms with E-state index in [-0.39, 0.29) is 57.3 Å². The summed E-state index contributed by atoms with van der Waals surface area (Å²) >= 11 is 0. The molecule has 0 aliphatic carbocycles. The van der Waals surface area contributed by atoms with Gasteiger partial charge in [-0.25, -0.2) is 13.6 Å². The van der Waals surface area contributed by atoms with Gasteiger partial charge in [0, 0.05) is 18.6 Å². The van der Waals surface area contributed by atoms with Crippen LogP contribution in [0.2, 0.25) is 0 Å². The van der Waals surface area contributed by atoms with Crippen molar-refractivity contribution in [3.8, 4) is 23.0 Å². The Bertz CT molecular complexity index is 1380. The topological polar surface area (TPSA) is 88.1 Å². The number of benzene rings is 3. The largest absolute Gasteiger partial charge is 0.456 e. The van der Waals surface area contributed by atoms with Crippen LogP contribution in [-0.4, -0.2) is 18.4 Å². The van der Waals surface area contributed by atoms with Crippen LogP contribution in [0.5, 0.6) is 23.0 Å². The van der Waals surface area contributed by atoms with Crippen LogP contribution >= 0.6 is 0 Å². The number of ether oxygens (including phenoxy) is 4. The van der Waals surface area contributed by atoms with E-state index in [0.29, 0.717) is 0 Å². The lowest BCUT2D eigenvalue weighted by Crippen LogP contribution is -2.33. The lowest BCUT2D eigenvalue weighted by molar-refractivity contribution is -0.132. The molecule has 9 heteroatoms. The summed E-state index contributed by atoms with van der Waals surface area (Å²) < 4.78 is 51.2. The van der Waals surface area contributed by atoms with E-state index in [4.69, 9.17) is 18.9 Å². The molecule has 0 saturated carbocycles. The molecule has 2 heterocycles. The van der Waals surface area contributed by atoms with Gasteiger partial charge >= 0.3 is 11.9 Å². The Morgan fingerprint density at radius 3 is 2.39 bits per heavy atom. The second kappa shape index (κ2) is 7.13.